The van der Waals surface area contributed by atoms with Crippen molar-refractivity contribution in [2.24, 2.45) is 5.73 Å². The van der Waals surface area contributed by atoms with Crippen molar-refractivity contribution in [2.75, 3.05) is 0 Å². The molecule has 0 saturated heterocycles. The molecule has 0 radical (unpaired) electrons. The molecule has 2 aromatic carbocycles. The third-order valence-corrected chi connectivity index (χ3v) is 5.90. The number of fused-ring (bicyclic) bond motifs is 1. The van der Waals surface area contributed by atoms with Crippen LogP contribution in [0.4, 0.5) is 0 Å². The summed E-state index contributed by atoms with van der Waals surface area (Å²) in [5.41, 5.74) is 13.2. The van der Waals surface area contributed by atoms with Crippen LogP contribution in [0.25, 0.3) is 0 Å². The Bertz CT molecular complexity index is 1250. The third-order valence-electron chi connectivity index (χ3n) is 5.66. The van der Waals surface area contributed by atoms with E-state index in [1.807, 2.05) is 45.9 Å². The number of hydrogen-bond donors (Lipinski definition) is 2. The van der Waals surface area contributed by atoms with E-state index in [2.05, 4.69) is 28.4 Å². The number of hydrogen-bond acceptors (Lipinski definition) is 5. The minimum atomic E-state index is -0.358. The molecule has 0 bridgehead atoms. The Morgan fingerprint density at radius 3 is 2.71 bits per heavy atom. The highest BCUT2D eigenvalue weighted by Gasteiger charge is 2.35. The number of ether oxygens (including phenoxy) is 2. The summed E-state index contributed by atoms with van der Waals surface area (Å²) in [5.74, 6) is 0.924. The molecule has 1 aromatic heterocycles. The molecule has 0 spiro atoms. The van der Waals surface area contributed by atoms with Crippen LogP contribution in [0, 0.1) is 39.0 Å². The molecule has 2 heterocycles. The van der Waals surface area contributed by atoms with E-state index in [0.29, 0.717) is 23.1 Å². The monoisotopic (exact) mass is 434 g/mol. The number of rotatable bonds is 4. The zero-order chi connectivity index (χ0) is 22.3. The molecular weight excluding hydrogens is 412 g/mol. The first-order chi connectivity index (χ1) is 14.8. The molecule has 158 valence electrons. The van der Waals surface area contributed by atoms with Crippen LogP contribution in [0.15, 0.2) is 41.8 Å². The highest BCUT2D eigenvalue weighted by Crippen LogP contribution is 2.44. The van der Waals surface area contributed by atoms with Crippen LogP contribution in [-0.2, 0) is 6.61 Å². The van der Waals surface area contributed by atoms with Gasteiger partial charge in [0.05, 0.1) is 5.92 Å². The predicted octanol–water partition coefficient (Wildman–Crippen LogP) is 5.09. The molecule has 3 aromatic rings. The Labute approximate surface area is 186 Å². The zero-order valence-electron chi connectivity index (χ0n) is 17.8. The molecule has 3 N–H and O–H groups in total. The zero-order valence-corrected chi connectivity index (χ0v) is 18.6. The molecule has 31 heavy (non-hydrogen) atoms. The average molecular weight is 435 g/mol. The number of nitrogens with zero attached hydrogens (tertiary/aromatic N) is 2. The Balaban J connectivity index is 1.77. The number of halogens is 1. The predicted molar refractivity (Wildman–Crippen MR) is 119 cm³/mol. The van der Waals surface area contributed by atoms with E-state index in [0.717, 1.165) is 44.8 Å². The summed E-state index contributed by atoms with van der Waals surface area (Å²) in [6.45, 7) is 8.34. The number of aromatic nitrogens is 2. The third kappa shape index (κ3) is 3.73. The largest absolute Gasteiger partial charge is 0.489 e. The molecule has 0 aliphatic carbocycles. The maximum absolute atomic E-state index is 9.85. The summed E-state index contributed by atoms with van der Waals surface area (Å²) in [6.07, 6.45) is 0. The Morgan fingerprint density at radius 1 is 1.23 bits per heavy atom. The van der Waals surface area contributed by atoms with Gasteiger partial charge in [-0.1, -0.05) is 29.3 Å². The first kappa shape index (κ1) is 20.8. The number of H-pyrrole nitrogens is 1. The van der Waals surface area contributed by atoms with E-state index >= 15 is 0 Å². The SMILES string of the molecule is Cc1cc(COc2ccc(Cl)cc2C)c(C)c([C@@H]2C(C#N)=C(N)Oc3n[nH]c(C)c32)c1. The van der Waals surface area contributed by atoms with Gasteiger partial charge in [0.2, 0.25) is 11.8 Å². The van der Waals surface area contributed by atoms with Crippen molar-refractivity contribution in [1.82, 2.24) is 10.2 Å². The van der Waals surface area contributed by atoms with Crippen molar-refractivity contribution in [2.45, 2.75) is 40.2 Å². The number of benzene rings is 2. The van der Waals surface area contributed by atoms with Gasteiger partial charge in [-0.15, -0.1) is 5.10 Å². The molecule has 1 aliphatic heterocycles. The molecule has 1 atom stereocenters. The van der Waals surface area contributed by atoms with E-state index in [-0.39, 0.29) is 11.8 Å². The normalized spacial score (nSPS) is 15.3. The number of nitrogens with one attached hydrogen (secondary N) is 1. The van der Waals surface area contributed by atoms with Crippen molar-refractivity contribution in [3.8, 4) is 17.7 Å². The lowest BCUT2D eigenvalue weighted by Crippen LogP contribution is -2.22. The average Bonchev–Trinajstić information content (AvgIpc) is 3.08. The van der Waals surface area contributed by atoms with Crippen molar-refractivity contribution >= 4 is 11.6 Å². The van der Waals surface area contributed by atoms with Crippen molar-refractivity contribution in [1.29, 1.82) is 5.26 Å². The maximum atomic E-state index is 9.85. The number of nitrogens with two attached hydrogens (primary N) is 1. The van der Waals surface area contributed by atoms with Gasteiger partial charge in [-0.3, -0.25) is 5.10 Å². The molecular formula is C24H23ClN4O2. The summed E-state index contributed by atoms with van der Waals surface area (Å²) in [5, 5.41) is 17.7. The molecule has 6 nitrogen and oxygen atoms in total. The first-order valence-corrected chi connectivity index (χ1v) is 10.3. The highest BCUT2D eigenvalue weighted by atomic mass is 35.5. The van der Waals surface area contributed by atoms with Crippen molar-refractivity contribution in [3.05, 3.63) is 85.9 Å². The lowest BCUT2D eigenvalue weighted by molar-refractivity contribution is 0.303. The van der Waals surface area contributed by atoms with Gasteiger partial charge < -0.3 is 15.2 Å². The lowest BCUT2D eigenvalue weighted by Gasteiger charge is -2.26. The maximum Gasteiger partial charge on any atom is 0.244 e. The van der Waals surface area contributed by atoms with Crippen LogP contribution in [0.3, 0.4) is 0 Å². The second-order valence-corrected chi connectivity index (χ2v) is 8.27. The molecule has 0 amide bonds. The van der Waals surface area contributed by atoms with Gasteiger partial charge in [-0.2, -0.15) is 5.26 Å². The summed E-state index contributed by atoms with van der Waals surface area (Å²) < 4.78 is 11.7. The Hall–Kier alpha value is -3.43. The molecule has 0 saturated carbocycles. The van der Waals surface area contributed by atoms with Crippen molar-refractivity contribution in [3.63, 3.8) is 0 Å². The van der Waals surface area contributed by atoms with E-state index in [9.17, 15) is 5.26 Å². The fourth-order valence-electron chi connectivity index (χ4n) is 4.05. The summed E-state index contributed by atoms with van der Waals surface area (Å²) >= 11 is 6.06. The van der Waals surface area contributed by atoms with Gasteiger partial charge in [-0.05, 0) is 68.1 Å². The highest BCUT2D eigenvalue weighted by molar-refractivity contribution is 6.30. The minimum Gasteiger partial charge on any atom is -0.489 e. The number of aryl methyl sites for hydroxylation is 3. The van der Waals surface area contributed by atoms with Crippen LogP contribution >= 0.6 is 11.6 Å². The minimum absolute atomic E-state index is 0.0852. The van der Waals surface area contributed by atoms with Crippen LogP contribution < -0.4 is 15.2 Å². The summed E-state index contributed by atoms with van der Waals surface area (Å²) in [7, 11) is 0. The Morgan fingerprint density at radius 2 is 2.00 bits per heavy atom. The van der Waals surface area contributed by atoms with E-state index in [4.69, 9.17) is 26.8 Å². The second kappa shape index (κ2) is 8.01. The standard InChI is InChI=1S/C24H23ClN4O2/c1-12-7-16(11-30-20-6-5-17(25)9-13(20)2)14(3)18(8-12)22-19(10-26)23(27)31-24-21(22)15(4)28-29-24/h5-9,22H,11,27H2,1-4H3,(H,28,29)/t22-/m1/s1. The molecule has 4 rings (SSSR count). The summed E-state index contributed by atoms with van der Waals surface area (Å²) in [4.78, 5) is 0. The van der Waals surface area contributed by atoms with E-state index < -0.39 is 0 Å². The van der Waals surface area contributed by atoms with E-state index in [1.54, 1.807) is 0 Å². The number of allylic oxidation sites excluding steroid dienone is 1. The summed E-state index contributed by atoms with van der Waals surface area (Å²) in [6, 6.07) is 12.0. The fraction of sp³-hybridized carbons (Fsp3) is 0.250. The van der Waals surface area contributed by atoms with Gasteiger partial charge in [0.25, 0.3) is 0 Å². The molecule has 1 aliphatic rings. The van der Waals surface area contributed by atoms with Crippen LogP contribution in [0.1, 0.15) is 45.0 Å². The topological polar surface area (TPSA) is 96.9 Å². The quantitative estimate of drug-likeness (QED) is 0.595. The van der Waals surface area contributed by atoms with Crippen molar-refractivity contribution < 1.29 is 9.47 Å². The van der Waals surface area contributed by atoms with Crippen LogP contribution in [0.5, 0.6) is 11.6 Å². The van der Waals surface area contributed by atoms with Crippen LogP contribution in [-0.4, -0.2) is 10.2 Å². The smallest absolute Gasteiger partial charge is 0.244 e. The number of aromatic amines is 1. The lowest BCUT2D eigenvalue weighted by atomic mass is 9.80. The van der Waals surface area contributed by atoms with Gasteiger partial charge in [0.1, 0.15) is 24.0 Å². The van der Waals surface area contributed by atoms with Gasteiger partial charge >= 0.3 is 0 Å². The molecule has 7 heteroatoms. The van der Waals surface area contributed by atoms with E-state index in [1.165, 1.54) is 0 Å². The Kier molecular flexibility index (Phi) is 5.38. The van der Waals surface area contributed by atoms with Gasteiger partial charge in [-0.25, -0.2) is 0 Å². The fourth-order valence-corrected chi connectivity index (χ4v) is 4.28. The van der Waals surface area contributed by atoms with Crippen LogP contribution in [0.2, 0.25) is 5.02 Å². The first-order valence-electron chi connectivity index (χ1n) is 9.91. The molecule has 0 fully saturated rings. The molecule has 0 unspecified atom stereocenters. The van der Waals surface area contributed by atoms with Gasteiger partial charge in [0, 0.05) is 16.3 Å². The van der Waals surface area contributed by atoms with Gasteiger partial charge in [0.15, 0.2) is 0 Å². The second-order valence-electron chi connectivity index (χ2n) is 7.83. The number of nitriles is 1.